The van der Waals surface area contributed by atoms with Gasteiger partial charge >= 0.3 is 6.09 Å². The van der Waals surface area contributed by atoms with Crippen LogP contribution < -0.4 is 0 Å². The summed E-state index contributed by atoms with van der Waals surface area (Å²) in [6.07, 6.45) is 1.99. The van der Waals surface area contributed by atoms with E-state index in [0.717, 1.165) is 0 Å². The Morgan fingerprint density at radius 3 is 2.27 bits per heavy atom. The van der Waals surface area contributed by atoms with Crippen molar-refractivity contribution in [1.82, 2.24) is 4.90 Å². The zero-order valence-corrected chi connectivity index (χ0v) is 19.4. The molecular formula is C20H39NO4Si. The van der Waals surface area contributed by atoms with E-state index in [4.69, 9.17) is 13.9 Å². The van der Waals surface area contributed by atoms with Crippen LogP contribution in [0, 0.1) is 0 Å². The molecule has 0 saturated carbocycles. The van der Waals surface area contributed by atoms with Gasteiger partial charge in [0.2, 0.25) is 0 Å². The molecule has 1 rings (SSSR count). The number of ether oxygens (including phenoxy) is 2. The summed E-state index contributed by atoms with van der Waals surface area (Å²) >= 11 is 0. The van der Waals surface area contributed by atoms with E-state index in [2.05, 4.69) is 40.4 Å². The molecule has 1 aliphatic rings. The predicted molar refractivity (Wildman–Crippen MR) is 109 cm³/mol. The van der Waals surface area contributed by atoms with E-state index in [-0.39, 0.29) is 23.3 Å². The molecule has 6 heteroatoms. The second-order valence-corrected chi connectivity index (χ2v) is 14.9. The third-order valence-corrected chi connectivity index (χ3v) is 9.69. The van der Waals surface area contributed by atoms with Gasteiger partial charge in [0, 0.05) is 0 Å². The fourth-order valence-corrected chi connectivity index (χ4v) is 4.14. The third kappa shape index (κ3) is 5.57. The molecule has 0 N–H and O–H groups in total. The standard InChI is InChI=1S/C20H39NO4Si/c1-12-13-16(25-26(10,11)19(5,6)7)15-14-23-20(8,9)21(15)17(22)24-18(2,3)4/h12,15-16H,1,13-14H2,2-11H3/t15-,16-/m1/s1. The maximum atomic E-state index is 12.9. The van der Waals surface area contributed by atoms with E-state index >= 15 is 0 Å². The van der Waals surface area contributed by atoms with Crippen molar-refractivity contribution in [3.63, 3.8) is 0 Å². The fourth-order valence-electron chi connectivity index (χ4n) is 2.78. The van der Waals surface area contributed by atoms with Gasteiger partial charge in [-0.15, -0.1) is 6.58 Å². The van der Waals surface area contributed by atoms with Crippen molar-refractivity contribution in [1.29, 1.82) is 0 Å². The van der Waals surface area contributed by atoms with Gasteiger partial charge in [0.05, 0.1) is 18.8 Å². The Bertz CT molecular complexity index is 517. The quantitative estimate of drug-likeness (QED) is 0.474. The van der Waals surface area contributed by atoms with Crippen LogP contribution in [0.5, 0.6) is 0 Å². The molecule has 0 spiro atoms. The number of carbonyl (C=O) groups excluding carboxylic acids is 1. The molecule has 1 fully saturated rings. The normalized spacial score (nSPS) is 22.2. The van der Waals surface area contributed by atoms with Crippen LogP contribution in [0.1, 0.15) is 61.8 Å². The van der Waals surface area contributed by atoms with Crippen LogP contribution >= 0.6 is 0 Å². The minimum atomic E-state index is -2.01. The lowest BCUT2D eigenvalue weighted by molar-refractivity contribution is -0.0670. The summed E-state index contributed by atoms with van der Waals surface area (Å²) in [5, 5.41) is 0.0815. The van der Waals surface area contributed by atoms with Crippen molar-refractivity contribution in [2.45, 2.75) is 103 Å². The molecule has 2 atom stereocenters. The van der Waals surface area contributed by atoms with Gasteiger partial charge in [-0.05, 0) is 59.2 Å². The molecule has 0 unspecified atom stereocenters. The molecule has 5 nitrogen and oxygen atoms in total. The number of hydrogen-bond acceptors (Lipinski definition) is 4. The van der Waals surface area contributed by atoms with Crippen molar-refractivity contribution in [2.75, 3.05) is 6.61 Å². The Morgan fingerprint density at radius 2 is 1.85 bits per heavy atom. The summed E-state index contributed by atoms with van der Waals surface area (Å²) in [7, 11) is -2.01. The number of carbonyl (C=O) groups is 1. The molecule has 26 heavy (non-hydrogen) atoms. The molecule has 0 aromatic carbocycles. The number of nitrogens with zero attached hydrogens (tertiary/aromatic N) is 1. The molecule has 0 aliphatic carbocycles. The summed E-state index contributed by atoms with van der Waals surface area (Å²) in [5.74, 6) is 0. The van der Waals surface area contributed by atoms with E-state index in [0.29, 0.717) is 13.0 Å². The Kier molecular flexibility index (Phi) is 6.81. The maximum Gasteiger partial charge on any atom is 0.412 e. The first kappa shape index (κ1) is 23.2. The topological polar surface area (TPSA) is 48.0 Å². The van der Waals surface area contributed by atoms with Gasteiger partial charge in [-0.2, -0.15) is 0 Å². The molecule has 1 heterocycles. The Balaban J connectivity index is 3.15. The summed E-state index contributed by atoms with van der Waals surface area (Å²) in [4.78, 5) is 14.6. The van der Waals surface area contributed by atoms with Crippen LogP contribution in [0.15, 0.2) is 12.7 Å². The molecule has 0 radical (unpaired) electrons. The van der Waals surface area contributed by atoms with E-state index in [1.54, 1.807) is 4.90 Å². The minimum Gasteiger partial charge on any atom is -0.444 e. The van der Waals surface area contributed by atoms with Gasteiger partial charge in [0.25, 0.3) is 0 Å². The molecule has 1 amide bonds. The van der Waals surface area contributed by atoms with Gasteiger partial charge in [-0.25, -0.2) is 4.79 Å². The molecule has 152 valence electrons. The second-order valence-electron chi connectivity index (χ2n) is 10.1. The number of hydrogen-bond donors (Lipinski definition) is 0. The third-order valence-electron chi connectivity index (χ3n) is 5.19. The fraction of sp³-hybridized carbons (Fsp3) is 0.850. The van der Waals surface area contributed by atoms with E-state index in [1.807, 2.05) is 40.7 Å². The van der Waals surface area contributed by atoms with Crippen molar-refractivity contribution in [2.24, 2.45) is 0 Å². The zero-order valence-electron chi connectivity index (χ0n) is 18.4. The van der Waals surface area contributed by atoms with Gasteiger partial charge in [-0.1, -0.05) is 26.8 Å². The van der Waals surface area contributed by atoms with Gasteiger partial charge in [0.15, 0.2) is 8.32 Å². The minimum absolute atomic E-state index is 0.0815. The van der Waals surface area contributed by atoms with Crippen molar-refractivity contribution < 1.29 is 18.7 Å². The second kappa shape index (κ2) is 7.64. The first-order valence-electron chi connectivity index (χ1n) is 9.47. The molecule has 0 aromatic heterocycles. The largest absolute Gasteiger partial charge is 0.444 e. The van der Waals surface area contributed by atoms with Crippen LogP contribution in [0.2, 0.25) is 18.1 Å². The summed E-state index contributed by atoms with van der Waals surface area (Å²) in [6.45, 7) is 24.8. The van der Waals surface area contributed by atoms with Gasteiger partial charge < -0.3 is 13.9 Å². The summed E-state index contributed by atoms with van der Waals surface area (Å²) in [5.41, 5.74) is -1.29. The molecule has 0 aromatic rings. The van der Waals surface area contributed by atoms with E-state index in [1.165, 1.54) is 0 Å². The average molecular weight is 386 g/mol. The Hall–Kier alpha value is -0.853. The lowest BCUT2D eigenvalue weighted by atomic mass is 10.1. The molecule has 0 bridgehead atoms. The van der Waals surface area contributed by atoms with E-state index in [9.17, 15) is 4.79 Å². The van der Waals surface area contributed by atoms with Crippen LogP contribution in [-0.4, -0.2) is 49.4 Å². The Labute approximate surface area is 161 Å². The molecule has 1 aliphatic heterocycles. The molecule has 1 saturated heterocycles. The first-order valence-corrected chi connectivity index (χ1v) is 12.4. The summed E-state index contributed by atoms with van der Waals surface area (Å²) < 4.78 is 18.3. The Morgan fingerprint density at radius 1 is 1.31 bits per heavy atom. The number of amides is 1. The lowest BCUT2D eigenvalue weighted by Gasteiger charge is -2.43. The first-order chi connectivity index (χ1) is 11.5. The van der Waals surface area contributed by atoms with Crippen LogP contribution in [0.25, 0.3) is 0 Å². The highest BCUT2D eigenvalue weighted by Crippen LogP contribution is 2.40. The zero-order chi connectivity index (χ0) is 20.6. The number of rotatable bonds is 5. The SMILES string of the molecule is C=CC[C@@H](O[Si](C)(C)C(C)(C)C)[C@H]1COC(C)(C)N1C(=O)OC(C)(C)C. The van der Waals surface area contributed by atoms with Gasteiger partial charge in [-0.3, -0.25) is 4.90 Å². The lowest BCUT2D eigenvalue weighted by Crippen LogP contribution is -2.56. The highest BCUT2D eigenvalue weighted by atomic mass is 28.4. The van der Waals surface area contributed by atoms with Crippen molar-refractivity contribution >= 4 is 14.4 Å². The smallest absolute Gasteiger partial charge is 0.412 e. The van der Waals surface area contributed by atoms with Crippen molar-refractivity contribution in [3.8, 4) is 0 Å². The van der Waals surface area contributed by atoms with Gasteiger partial charge in [0.1, 0.15) is 11.3 Å². The summed E-state index contributed by atoms with van der Waals surface area (Å²) in [6, 6.07) is -0.202. The van der Waals surface area contributed by atoms with E-state index < -0.39 is 19.6 Å². The monoisotopic (exact) mass is 385 g/mol. The predicted octanol–water partition coefficient (Wildman–Crippen LogP) is 5.32. The maximum absolute atomic E-state index is 12.9. The van der Waals surface area contributed by atoms with Crippen molar-refractivity contribution in [3.05, 3.63) is 12.7 Å². The van der Waals surface area contributed by atoms with Crippen LogP contribution in [-0.2, 0) is 13.9 Å². The average Bonchev–Trinajstić information content (AvgIpc) is 2.70. The van der Waals surface area contributed by atoms with Crippen LogP contribution in [0.4, 0.5) is 4.79 Å². The van der Waals surface area contributed by atoms with Crippen LogP contribution in [0.3, 0.4) is 0 Å². The highest BCUT2D eigenvalue weighted by molar-refractivity contribution is 6.74. The molecular weight excluding hydrogens is 346 g/mol. The highest BCUT2D eigenvalue weighted by Gasteiger charge is 2.50.